The summed E-state index contributed by atoms with van der Waals surface area (Å²) in [5.74, 6) is 0.734. The van der Waals surface area contributed by atoms with Crippen molar-refractivity contribution in [2.45, 2.75) is 32.1 Å². The van der Waals surface area contributed by atoms with Crippen LogP contribution in [0.25, 0.3) is 0 Å². The maximum Gasteiger partial charge on any atom is 0.0434 e. The number of nitrogens with zero attached hydrogens (tertiary/aromatic N) is 1. The molecule has 82 valence electrons. The SMILES string of the molecule is C=CCCCN1CCCC(CCO)C1. The average molecular weight is 197 g/mol. The number of hydrogen-bond acceptors (Lipinski definition) is 2. The van der Waals surface area contributed by atoms with E-state index < -0.39 is 0 Å². The Hall–Kier alpha value is -0.340. The summed E-state index contributed by atoms with van der Waals surface area (Å²) in [5.41, 5.74) is 0. The molecule has 1 aliphatic rings. The Bertz CT molecular complexity index is 156. The van der Waals surface area contributed by atoms with Crippen molar-refractivity contribution in [2.75, 3.05) is 26.2 Å². The zero-order valence-electron chi connectivity index (χ0n) is 9.12. The van der Waals surface area contributed by atoms with Gasteiger partial charge in [-0.25, -0.2) is 0 Å². The second-order valence-corrected chi connectivity index (χ2v) is 4.25. The van der Waals surface area contributed by atoms with Gasteiger partial charge < -0.3 is 10.0 Å². The molecule has 14 heavy (non-hydrogen) atoms. The van der Waals surface area contributed by atoms with Crippen LogP contribution in [0.2, 0.25) is 0 Å². The molecule has 0 amide bonds. The van der Waals surface area contributed by atoms with Gasteiger partial charge in [0.1, 0.15) is 0 Å². The van der Waals surface area contributed by atoms with Crippen molar-refractivity contribution in [3.8, 4) is 0 Å². The molecule has 0 saturated carbocycles. The van der Waals surface area contributed by atoms with Crippen LogP contribution in [-0.4, -0.2) is 36.2 Å². The lowest BCUT2D eigenvalue weighted by atomic mass is 9.95. The van der Waals surface area contributed by atoms with Crippen LogP contribution < -0.4 is 0 Å². The minimum atomic E-state index is 0.352. The summed E-state index contributed by atoms with van der Waals surface area (Å²) in [6.07, 6.45) is 7.95. The van der Waals surface area contributed by atoms with Crippen molar-refractivity contribution in [1.82, 2.24) is 4.90 Å². The Kier molecular flexibility index (Phi) is 5.88. The van der Waals surface area contributed by atoms with Crippen molar-refractivity contribution >= 4 is 0 Å². The van der Waals surface area contributed by atoms with Gasteiger partial charge in [0.25, 0.3) is 0 Å². The van der Waals surface area contributed by atoms with E-state index >= 15 is 0 Å². The molecule has 0 aliphatic carbocycles. The lowest BCUT2D eigenvalue weighted by molar-refractivity contribution is 0.147. The molecular formula is C12H23NO. The minimum absolute atomic E-state index is 0.352. The molecule has 1 N–H and O–H groups in total. The average Bonchev–Trinajstić information content (AvgIpc) is 2.19. The van der Waals surface area contributed by atoms with Gasteiger partial charge in [-0.1, -0.05) is 6.08 Å². The lowest BCUT2D eigenvalue weighted by Gasteiger charge is -2.32. The minimum Gasteiger partial charge on any atom is -0.396 e. The topological polar surface area (TPSA) is 23.5 Å². The third-order valence-corrected chi connectivity index (χ3v) is 3.02. The molecule has 0 aromatic carbocycles. The maximum absolute atomic E-state index is 8.89. The smallest absolute Gasteiger partial charge is 0.0434 e. The molecule has 1 fully saturated rings. The number of piperidine rings is 1. The highest BCUT2D eigenvalue weighted by atomic mass is 16.3. The zero-order valence-corrected chi connectivity index (χ0v) is 9.12. The van der Waals surface area contributed by atoms with E-state index in [1.165, 1.54) is 38.9 Å². The van der Waals surface area contributed by atoms with Crippen LogP contribution in [-0.2, 0) is 0 Å². The summed E-state index contributed by atoms with van der Waals surface area (Å²) in [6, 6.07) is 0. The predicted molar refractivity (Wildman–Crippen MR) is 60.3 cm³/mol. The van der Waals surface area contributed by atoms with Crippen LogP contribution in [0.1, 0.15) is 32.1 Å². The summed E-state index contributed by atoms with van der Waals surface area (Å²) >= 11 is 0. The number of hydrogen-bond donors (Lipinski definition) is 1. The zero-order chi connectivity index (χ0) is 10.2. The number of likely N-dealkylation sites (tertiary alicyclic amines) is 1. The van der Waals surface area contributed by atoms with Gasteiger partial charge in [0.05, 0.1) is 0 Å². The lowest BCUT2D eigenvalue weighted by Crippen LogP contribution is -2.36. The molecule has 1 aliphatic heterocycles. The molecule has 1 saturated heterocycles. The van der Waals surface area contributed by atoms with Crippen LogP contribution in [0.15, 0.2) is 12.7 Å². The third kappa shape index (κ3) is 4.25. The maximum atomic E-state index is 8.89. The Balaban J connectivity index is 2.15. The predicted octanol–water partition coefficient (Wildman–Crippen LogP) is 2.05. The molecule has 1 rings (SSSR count). The first-order valence-electron chi connectivity index (χ1n) is 5.81. The highest BCUT2D eigenvalue weighted by molar-refractivity contribution is 4.74. The van der Waals surface area contributed by atoms with Crippen LogP contribution >= 0.6 is 0 Å². The number of aliphatic hydroxyl groups is 1. The van der Waals surface area contributed by atoms with Gasteiger partial charge in [-0.05, 0) is 51.1 Å². The quantitative estimate of drug-likeness (QED) is 0.520. The monoisotopic (exact) mass is 197 g/mol. The highest BCUT2D eigenvalue weighted by Gasteiger charge is 2.18. The number of unbranched alkanes of at least 4 members (excludes halogenated alkanes) is 1. The van der Waals surface area contributed by atoms with E-state index in [-0.39, 0.29) is 0 Å². The fraction of sp³-hybridized carbons (Fsp3) is 0.833. The second kappa shape index (κ2) is 7.02. The van der Waals surface area contributed by atoms with E-state index in [0.29, 0.717) is 6.61 Å². The van der Waals surface area contributed by atoms with E-state index in [0.717, 1.165) is 18.8 Å². The molecule has 1 unspecified atom stereocenters. The van der Waals surface area contributed by atoms with Crippen molar-refractivity contribution in [1.29, 1.82) is 0 Å². The summed E-state index contributed by atoms with van der Waals surface area (Å²) in [6.45, 7) is 7.73. The van der Waals surface area contributed by atoms with E-state index in [9.17, 15) is 0 Å². The van der Waals surface area contributed by atoms with Crippen molar-refractivity contribution < 1.29 is 5.11 Å². The van der Waals surface area contributed by atoms with Gasteiger partial charge in [-0.15, -0.1) is 6.58 Å². The molecule has 0 bridgehead atoms. The summed E-state index contributed by atoms with van der Waals surface area (Å²) in [4.78, 5) is 2.54. The molecule has 2 heteroatoms. The van der Waals surface area contributed by atoms with Crippen LogP contribution in [0, 0.1) is 5.92 Å². The van der Waals surface area contributed by atoms with Crippen LogP contribution in [0.4, 0.5) is 0 Å². The van der Waals surface area contributed by atoms with Crippen molar-refractivity contribution in [3.63, 3.8) is 0 Å². The Morgan fingerprint density at radius 3 is 3.07 bits per heavy atom. The first-order valence-corrected chi connectivity index (χ1v) is 5.81. The fourth-order valence-electron chi connectivity index (χ4n) is 2.23. The standard InChI is InChI=1S/C12H23NO/c1-2-3-4-8-13-9-5-6-12(11-13)7-10-14/h2,12,14H,1,3-11H2. The van der Waals surface area contributed by atoms with E-state index in [1.54, 1.807) is 0 Å². The largest absolute Gasteiger partial charge is 0.396 e. The molecule has 1 heterocycles. The molecule has 0 aromatic heterocycles. The van der Waals surface area contributed by atoms with Crippen molar-refractivity contribution in [2.24, 2.45) is 5.92 Å². The van der Waals surface area contributed by atoms with Crippen LogP contribution in [0.3, 0.4) is 0 Å². The number of rotatable bonds is 6. The molecule has 0 aromatic rings. The van der Waals surface area contributed by atoms with E-state index in [1.807, 2.05) is 6.08 Å². The van der Waals surface area contributed by atoms with Gasteiger partial charge in [0.15, 0.2) is 0 Å². The number of allylic oxidation sites excluding steroid dienone is 1. The summed E-state index contributed by atoms with van der Waals surface area (Å²) in [7, 11) is 0. The van der Waals surface area contributed by atoms with E-state index in [4.69, 9.17) is 5.11 Å². The van der Waals surface area contributed by atoms with Crippen molar-refractivity contribution in [3.05, 3.63) is 12.7 Å². The summed E-state index contributed by atoms with van der Waals surface area (Å²) < 4.78 is 0. The Morgan fingerprint density at radius 2 is 2.36 bits per heavy atom. The Labute approximate surface area is 87.6 Å². The van der Waals surface area contributed by atoms with Crippen LogP contribution in [0.5, 0.6) is 0 Å². The summed E-state index contributed by atoms with van der Waals surface area (Å²) in [5, 5.41) is 8.89. The Morgan fingerprint density at radius 1 is 1.50 bits per heavy atom. The first-order chi connectivity index (χ1) is 6.86. The fourth-order valence-corrected chi connectivity index (χ4v) is 2.23. The van der Waals surface area contributed by atoms with Gasteiger partial charge in [-0.2, -0.15) is 0 Å². The highest BCUT2D eigenvalue weighted by Crippen LogP contribution is 2.19. The molecule has 0 spiro atoms. The normalized spacial score (nSPS) is 23.6. The third-order valence-electron chi connectivity index (χ3n) is 3.02. The number of aliphatic hydroxyl groups excluding tert-OH is 1. The molecule has 2 nitrogen and oxygen atoms in total. The first kappa shape index (κ1) is 11.7. The molecular weight excluding hydrogens is 174 g/mol. The van der Waals surface area contributed by atoms with Gasteiger partial charge >= 0.3 is 0 Å². The van der Waals surface area contributed by atoms with Gasteiger partial charge in [-0.3, -0.25) is 0 Å². The second-order valence-electron chi connectivity index (χ2n) is 4.25. The van der Waals surface area contributed by atoms with Gasteiger partial charge in [0, 0.05) is 13.2 Å². The van der Waals surface area contributed by atoms with Gasteiger partial charge in [0.2, 0.25) is 0 Å². The van der Waals surface area contributed by atoms with E-state index in [2.05, 4.69) is 11.5 Å². The molecule has 0 radical (unpaired) electrons. The molecule has 1 atom stereocenters.